The largest absolute Gasteiger partial charge is 0.392 e. The Morgan fingerprint density at radius 2 is 1.82 bits per heavy atom. The Kier molecular flexibility index (Phi) is 2.84. The first-order valence-corrected chi connectivity index (χ1v) is 6.41. The van der Waals surface area contributed by atoms with E-state index in [9.17, 15) is 0 Å². The molecular formula is C13H19N3O. The molecule has 4 nitrogen and oxygen atoms in total. The maximum absolute atomic E-state index is 8.98. The highest BCUT2D eigenvalue weighted by Crippen LogP contribution is 2.40. The lowest BCUT2D eigenvalue weighted by Crippen LogP contribution is -2.39. The molecule has 2 saturated heterocycles. The zero-order chi connectivity index (χ0) is 11.8. The van der Waals surface area contributed by atoms with Crippen molar-refractivity contribution in [2.75, 3.05) is 7.05 Å². The fraction of sp³-hybridized carbons (Fsp3) is 0.692. The molecule has 2 aliphatic rings. The fourth-order valence-electron chi connectivity index (χ4n) is 3.28. The molecule has 2 fully saturated rings. The molecule has 0 saturated carbocycles. The Hall–Kier alpha value is -1.00. The van der Waals surface area contributed by atoms with Crippen LogP contribution in [0.5, 0.6) is 0 Å². The monoisotopic (exact) mass is 233 g/mol. The van der Waals surface area contributed by atoms with Crippen LogP contribution in [0.3, 0.4) is 0 Å². The van der Waals surface area contributed by atoms with Gasteiger partial charge < -0.3 is 10.0 Å². The molecule has 2 bridgehead atoms. The summed E-state index contributed by atoms with van der Waals surface area (Å²) in [5.41, 5.74) is 0.796. The third-order valence-electron chi connectivity index (χ3n) is 4.37. The molecule has 1 aromatic heterocycles. The Bertz CT molecular complexity index is 378. The number of hydrogen-bond acceptors (Lipinski definition) is 4. The van der Waals surface area contributed by atoms with Crippen molar-refractivity contribution < 1.29 is 5.11 Å². The van der Waals surface area contributed by atoms with Crippen LogP contribution in [-0.4, -0.2) is 39.1 Å². The highest BCUT2D eigenvalue weighted by molar-refractivity contribution is 5.09. The van der Waals surface area contributed by atoms with Gasteiger partial charge in [-0.3, -0.25) is 0 Å². The Morgan fingerprint density at radius 1 is 1.24 bits per heavy atom. The summed E-state index contributed by atoms with van der Waals surface area (Å²) in [6.45, 7) is 0.0267. The summed E-state index contributed by atoms with van der Waals surface area (Å²) in [7, 11) is 2.24. The summed E-state index contributed by atoms with van der Waals surface area (Å²) >= 11 is 0. The van der Waals surface area contributed by atoms with Crippen molar-refractivity contribution in [1.29, 1.82) is 0 Å². The van der Waals surface area contributed by atoms with Crippen molar-refractivity contribution in [2.24, 2.45) is 0 Å². The van der Waals surface area contributed by atoms with E-state index in [2.05, 4.69) is 21.9 Å². The van der Waals surface area contributed by atoms with Gasteiger partial charge in [-0.1, -0.05) is 0 Å². The topological polar surface area (TPSA) is 49.2 Å². The van der Waals surface area contributed by atoms with Gasteiger partial charge in [0, 0.05) is 36.0 Å². The first-order valence-electron chi connectivity index (χ1n) is 6.41. The fourth-order valence-corrected chi connectivity index (χ4v) is 3.28. The second-order valence-electron chi connectivity index (χ2n) is 5.33. The first-order chi connectivity index (χ1) is 8.28. The van der Waals surface area contributed by atoms with E-state index < -0.39 is 0 Å². The van der Waals surface area contributed by atoms with Crippen LogP contribution in [0.15, 0.2) is 12.4 Å². The van der Waals surface area contributed by atoms with Crippen LogP contribution in [-0.2, 0) is 6.61 Å². The van der Waals surface area contributed by atoms with Crippen LogP contribution >= 0.6 is 0 Å². The quantitative estimate of drug-likeness (QED) is 0.836. The number of aliphatic hydroxyl groups excluding tert-OH is 1. The highest BCUT2D eigenvalue weighted by Gasteiger charge is 2.39. The average molecular weight is 233 g/mol. The predicted molar refractivity (Wildman–Crippen MR) is 64.5 cm³/mol. The van der Waals surface area contributed by atoms with Crippen LogP contribution in [0, 0.1) is 0 Å². The third kappa shape index (κ3) is 1.96. The zero-order valence-corrected chi connectivity index (χ0v) is 10.2. The third-order valence-corrected chi connectivity index (χ3v) is 4.37. The van der Waals surface area contributed by atoms with Crippen LogP contribution in [0.1, 0.15) is 43.0 Å². The summed E-state index contributed by atoms with van der Waals surface area (Å²) in [4.78, 5) is 11.3. The number of piperidine rings is 1. The number of rotatable bonds is 2. The minimum atomic E-state index is 0.0267. The molecule has 0 spiro atoms. The number of aromatic nitrogens is 2. The first kappa shape index (κ1) is 11.1. The molecule has 0 aliphatic carbocycles. The van der Waals surface area contributed by atoms with E-state index in [0.717, 1.165) is 23.5 Å². The number of hydrogen-bond donors (Lipinski definition) is 1. The van der Waals surface area contributed by atoms with E-state index in [0.29, 0.717) is 5.92 Å². The lowest BCUT2D eigenvalue weighted by Gasteiger charge is -2.35. The summed E-state index contributed by atoms with van der Waals surface area (Å²) in [5, 5.41) is 8.98. The molecule has 0 amide bonds. The summed E-state index contributed by atoms with van der Waals surface area (Å²) in [6.07, 6.45) is 8.53. The second-order valence-corrected chi connectivity index (χ2v) is 5.33. The zero-order valence-electron chi connectivity index (χ0n) is 10.2. The molecule has 0 radical (unpaired) electrons. The van der Waals surface area contributed by atoms with Gasteiger partial charge in [-0.25, -0.2) is 9.97 Å². The number of fused-ring (bicyclic) bond motifs is 2. The van der Waals surface area contributed by atoms with Gasteiger partial charge in [0.15, 0.2) is 0 Å². The van der Waals surface area contributed by atoms with Crippen molar-refractivity contribution in [3.05, 3.63) is 23.8 Å². The smallest absolute Gasteiger partial charge is 0.131 e. The van der Waals surface area contributed by atoms with Crippen molar-refractivity contribution in [1.82, 2.24) is 14.9 Å². The molecule has 17 heavy (non-hydrogen) atoms. The van der Waals surface area contributed by atoms with Gasteiger partial charge in [0.1, 0.15) is 5.82 Å². The van der Waals surface area contributed by atoms with Gasteiger partial charge >= 0.3 is 0 Å². The average Bonchev–Trinajstić information content (AvgIpc) is 2.61. The van der Waals surface area contributed by atoms with E-state index in [1.807, 2.05) is 0 Å². The van der Waals surface area contributed by atoms with E-state index in [4.69, 9.17) is 5.11 Å². The molecular weight excluding hydrogens is 214 g/mol. The lowest BCUT2D eigenvalue weighted by atomic mass is 9.90. The molecule has 2 aliphatic heterocycles. The molecule has 2 unspecified atom stereocenters. The van der Waals surface area contributed by atoms with Gasteiger partial charge in [-0.2, -0.15) is 0 Å². The normalized spacial score (nSPS) is 32.9. The van der Waals surface area contributed by atoms with E-state index in [-0.39, 0.29) is 6.61 Å². The van der Waals surface area contributed by atoms with Gasteiger partial charge in [0.25, 0.3) is 0 Å². The molecule has 3 heterocycles. The van der Waals surface area contributed by atoms with E-state index in [1.54, 1.807) is 12.4 Å². The lowest BCUT2D eigenvalue weighted by molar-refractivity contribution is 0.158. The maximum atomic E-state index is 8.98. The van der Waals surface area contributed by atoms with Gasteiger partial charge in [-0.15, -0.1) is 0 Å². The Balaban J connectivity index is 1.76. The predicted octanol–water partition coefficient (Wildman–Crippen LogP) is 1.31. The molecule has 1 aromatic rings. The van der Waals surface area contributed by atoms with Crippen molar-refractivity contribution in [3.8, 4) is 0 Å². The molecule has 1 N–H and O–H groups in total. The second kappa shape index (κ2) is 4.35. The van der Waals surface area contributed by atoms with E-state index >= 15 is 0 Å². The standard InChI is InChI=1S/C13H19N3O/c1-16-11-2-3-12(16)5-10(4-11)13-14-6-9(8-17)7-15-13/h6-7,10-12,17H,2-5,8H2,1H3. The van der Waals surface area contributed by atoms with Crippen molar-refractivity contribution in [2.45, 2.75) is 50.3 Å². The van der Waals surface area contributed by atoms with Crippen LogP contribution in [0.25, 0.3) is 0 Å². The van der Waals surface area contributed by atoms with Crippen molar-refractivity contribution in [3.63, 3.8) is 0 Å². The van der Waals surface area contributed by atoms with Crippen LogP contribution < -0.4 is 0 Å². The summed E-state index contributed by atoms with van der Waals surface area (Å²) in [6, 6.07) is 1.44. The minimum absolute atomic E-state index is 0.0267. The van der Waals surface area contributed by atoms with Crippen molar-refractivity contribution >= 4 is 0 Å². The van der Waals surface area contributed by atoms with Crippen LogP contribution in [0.2, 0.25) is 0 Å². The highest BCUT2D eigenvalue weighted by atomic mass is 16.3. The van der Waals surface area contributed by atoms with Gasteiger partial charge in [0.05, 0.1) is 6.61 Å². The van der Waals surface area contributed by atoms with Crippen LogP contribution in [0.4, 0.5) is 0 Å². The number of nitrogens with zero attached hydrogens (tertiary/aromatic N) is 3. The van der Waals surface area contributed by atoms with E-state index in [1.165, 1.54) is 25.7 Å². The summed E-state index contributed by atoms with van der Waals surface area (Å²) < 4.78 is 0. The molecule has 0 aromatic carbocycles. The molecule has 2 atom stereocenters. The van der Waals surface area contributed by atoms with Gasteiger partial charge in [-0.05, 0) is 32.7 Å². The number of aliphatic hydroxyl groups is 1. The summed E-state index contributed by atoms with van der Waals surface area (Å²) in [5.74, 6) is 1.48. The van der Waals surface area contributed by atoms with Gasteiger partial charge in [0.2, 0.25) is 0 Å². The molecule has 3 rings (SSSR count). The SMILES string of the molecule is CN1C2CCC1CC(c1ncc(CO)cn1)C2. The molecule has 4 heteroatoms. The maximum Gasteiger partial charge on any atom is 0.131 e. The Labute approximate surface area is 102 Å². The Morgan fingerprint density at radius 3 is 2.35 bits per heavy atom. The molecule has 92 valence electrons. The minimum Gasteiger partial charge on any atom is -0.392 e.